The molecule has 4 aromatic rings. The number of rotatable bonds is 12. The molecule has 75 heavy (non-hydrogen) atoms. The molecule has 8 atom stereocenters. The minimum atomic E-state index is -4.42. The highest BCUT2D eigenvalue weighted by Gasteiger charge is 2.44. The van der Waals surface area contributed by atoms with Gasteiger partial charge >= 0.3 is 18.4 Å². The highest BCUT2D eigenvalue weighted by molar-refractivity contribution is 7.12. The molecule has 8 heterocycles. The van der Waals surface area contributed by atoms with E-state index in [1.807, 2.05) is 67.6 Å². The highest BCUT2D eigenvalue weighted by Crippen LogP contribution is 2.49. The number of amides is 4. The van der Waals surface area contributed by atoms with E-state index in [1.54, 1.807) is 23.2 Å². The number of alkyl carbamates (subject to hydrolysis) is 2. The molecule has 6 aliphatic heterocycles. The number of nitrogens with one attached hydrogen (secondary N) is 2. The highest BCUT2D eigenvalue weighted by atomic mass is 32.1. The van der Waals surface area contributed by atoms with E-state index < -0.39 is 48.9 Å². The summed E-state index contributed by atoms with van der Waals surface area (Å²) in [6.07, 6.45) is 0.427. The molecule has 4 unspecified atom stereocenters. The third-order valence-corrected chi connectivity index (χ3v) is 16.5. The van der Waals surface area contributed by atoms with Gasteiger partial charge in [0, 0.05) is 60.0 Å². The zero-order chi connectivity index (χ0) is 53.0. The van der Waals surface area contributed by atoms with Crippen LogP contribution in [0.2, 0.25) is 0 Å². The number of fused-ring (bicyclic) bond motifs is 5. The molecule has 3 fully saturated rings. The van der Waals surface area contributed by atoms with Gasteiger partial charge in [0.15, 0.2) is 0 Å². The molecule has 0 aliphatic carbocycles. The summed E-state index contributed by atoms with van der Waals surface area (Å²) in [6.45, 7) is 8.64. The molecule has 4 amide bonds. The normalized spacial score (nSPS) is 24.2. The molecule has 20 heteroatoms. The second kappa shape index (κ2) is 20.9. The Kier molecular flexibility index (Phi) is 14.5. The first-order valence-electron chi connectivity index (χ1n) is 25.7. The van der Waals surface area contributed by atoms with Gasteiger partial charge in [-0.05, 0) is 129 Å². The number of thiophene rings is 1. The molecule has 0 radical (unpaired) electrons. The third kappa shape index (κ3) is 10.4. The molecule has 0 bridgehead atoms. The lowest BCUT2D eigenvalue weighted by atomic mass is 9.85. The topological polar surface area (TPSA) is 165 Å². The molecular weight excluding hydrogens is 995 g/mol. The van der Waals surface area contributed by atoms with Crippen LogP contribution in [0.3, 0.4) is 0 Å². The number of methoxy groups -OCH3 is 2. The summed E-state index contributed by atoms with van der Waals surface area (Å²) in [5, 5.41) is 6.26. The molecule has 10 rings (SSSR count). The summed E-state index contributed by atoms with van der Waals surface area (Å²) in [4.78, 5) is 66.9. The van der Waals surface area contributed by atoms with E-state index in [2.05, 4.69) is 10.6 Å². The van der Waals surface area contributed by atoms with Gasteiger partial charge in [0.25, 0.3) is 0 Å². The van der Waals surface area contributed by atoms with Crippen LogP contribution in [0.1, 0.15) is 106 Å². The number of aromatic nitrogens is 1. The van der Waals surface area contributed by atoms with Gasteiger partial charge in [0.1, 0.15) is 23.7 Å². The predicted octanol–water partition coefficient (Wildman–Crippen LogP) is 10.2. The summed E-state index contributed by atoms with van der Waals surface area (Å²) in [6, 6.07) is 11.8. The Labute approximate surface area is 436 Å². The van der Waals surface area contributed by atoms with Gasteiger partial charge in [-0.25, -0.2) is 14.0 Å². The van der Waals surface area contributed by atoms with E-state index >= 15 is 4.39 Å². The number of nitrogens with zero attached hydrogens (tertiary/aromatic N) is 5. The van der Waals surface area contributed by atoms with Crippen LogP contribution in [0, 0.1) is 17.7 Å². The lowest BCUT2D eigenvalue weighted by molar-refractivity contribution is -0.137. The average molecular weight is 1060 g/mol. The number of hydrogen-bond donors (Lipinski definition) is 2. The van der Waals surface area contributed by atoms with Crippen molar-refractivity contribution in [2.45, 2.75) is 134 Å². The Morgan fingerprint density at radius 3 is 2.07 bits per heavy atom. The first-order valence-corrected chi connectivity index (χ1v) is 26.5. The van der Waals surface area contributed by atoms with Gasteiger partial charge in [-0.3, -0.25) is 24.1 Å². The second-order valence-corrected chi connectivity index (χ2v) is 22.0. The standard InChI is InChI=1S/C55H61F4N7O8S/c1-28(2)48(62-53(69)71-5)50(67)64-15-7-9-42(64)40-22-36(27-61-40)32-20-38(56)47-44-23-33-19-31(11-13-41(33)66(44)52(74-45(47)24-32)46-14-12-37(75-46)25-55(57,58)59)35-21-39(60-26-35)43-10-8-16-65(43)51(68)49(63-54(70)72-6)34-17-29(3)73-30(4)18-34/h11-14,19-20,23-24,26-30,34,42-43,48-49,52H,7-10,15-18,21-22,25H2,1-6H3,(H,62,69)(H,63,70)/t29-,30+,34?,42-,43-,48?,49?,52?/m0/s1. The predicted molar refractivity (Wildman–Crippen MR) is 276 cm³/mol. The van der Waals surface area contributed by atoms with E-state index in [4.69, 9.17) is 28.9 Å². The van der Waals surface area contributed by atoms with Gasteiger partial charge in [0.05, 0.1) is 66.6 Å². The number of aliphatic imine (C=N–C) groups is 2. The molecule has 398 valence electrons. The number of likely N-dealkylation sites (tertiary alicyclic amines) is 2. The van der Waals surface area contributed by atoms with Gasteiger partial charge in [-0.15, -0.1) is 11.3 Å². The second-order valence-electron chi connectivity index (χ2n) is 20.8. The number of carbonyl (C=O) groups excluding carboxylic acids is 4. The first kappa shape index (κ1) is 51.9. The van der Waals surface area contributed by atoms with Crippen LogP contribution in [0.25, 0.3) is 33.3 Å². The number of hydrogen-bond acceptors (Lipinski definition) is 11. The van der Waals surface area contributed by atoms with E-state index in [0.29, 0.717) is 78.8 Å². The Balaban J connectivity index is 0.913. The number of halogens is 4. The quantitative estimate of drug-likeness (QED) is 0.132. The lowest BCUT2D eigenvalue weighted by Gasteiger charge is -2.38. The number of alkyl halides is 3. The largest absolute Gasteiger partial charge is 0.464 e. The van der Waals surface area contributed by atoms with Crippen molar-refractivity contribution >= 4 is 68.8 Å². The van der Waals surface area contributed by atoms with Crippen LogP contribution in [0.15, 0.2) is 70.9 Å². The van der Waals surface area contributed by atoms with Gasteiger partial charge in [-0.2, -0.15) is 13.2 Å². The van der Waals surface area contributed by atoms with E-state index in [0.717, 1.165) is 52.1 Å². The zero-order valence-electron chi connectivity index (χ0n) is 42.7. The van der Waals surface area contributed by atoms with Crippen molar-refractivity contribution in [3.8, 4) is 17.0 Å². The summed E-state index contributed by atoms with van der Waals surface area (Å²) in [7, 11) is 2.53. The maximum atomic E-state index is 17.0. The van der Waals surface area contributed by atoms with Gasteiger partial charge < -0.3 is 39.4 Å². The molecule has 6 aliphatic rings. The minimum Gasteiger partial charge on any atom is -0.464 e. The van der Waals surface area contributed by atoms with Crippen molar-refractivity contribution < 1.29 is 55.7 Å². The number of benzene rings is 2. The van der Waals surface area contributed by atoms with Crippen LogP contribution in [-0.4, -0.2) is 120 Å². The molecule has 0 spiro atoms. The van der Waals surface area contributed by atoms with Gasteiger partial charge in [-0.1, -0.05) is 19.9 Å². The van der Waals surface area contributed by atoms with Crippen molar-refractivity contribution in [1.29, 1.82) is 0 Å². The van der Waals surface area contributed by atoms with E-state index in [9.17, 15) is 32.3 Å². The number of carbonyl (C=O) groups is 4. The van der Waals surface area contributed by atoms with Crippen LogP contribution in [0.4, 0.5) is 27.2 Å². The SMILES string of the molecule is COC(=O)NC(C(=O)N1CCC[C@H]1C1=NC=C(c2cc(F)c3c(c2)OC(c2ccc(CC(F)(F)F)s2)n2c-3cc3cc(C4=CN=C([C@@H]5CCCN5C(=O)C(NC(=O)OC)C5C[C@@H](C)O[C@@H](C)C5)C4)ccc32)C1)C(C)C. The van der Waals surface area contributed by atoms with Crippen LogP contribution >= 0.6 is 11.3 Å². The third-order valence-electron chi connectivity index (χ3n) is 15.3. The Morgan fingerprint density at radius 1 is 0.813 bits per heavy atom. The Morgan fingerprint density at radius 2 is 1.44 bits per heavy atom. The minimum absolute atomic E-state index is 0.0755. The summed E-state index contributed by atoms with van der Waals surface area (Å²) in [5.41, 5.74) is 5.93. The van der Waals surface area contributed by atoms with Crippen molar-refractivity contribution in [2.24, 2.45) is 21.8 Å². The van der Waals surface area contributed by atoms with Crippen molar-refractivity contribution in [2.75, 3.05) is 27.3 Å². The maximum absolute atomic E-state index is 17.0. The Bertz CT molecular complexity index is 3040. The van der Waals surface area contributed by atoms with E-state index in [1.165, 1.54) is 26.4 Å². The fourth-order valence-corrected chi connectivity index (χ4v) is 13.0. The zero-order valence-corrected chi connectivity index (χ0v) is 43.5. The summed E-state index contributed by atoms with van der Waals surface area (Å²) >= 11 is 0.990. The van der Waals surface area contributed by atoms with Crippen molar-refractivity contribution in [1.82, 2.24) is 25.0 Å². The molecule has 0 saturated carbocycles. The summed E-state index contributed by atoms with van der Waals surface area (Å²) in [5.74, 6) is -1.11. The molecule has 2 aromatic carbocycles. The van der Waals surface area contributed by atoms with Crippen LogP contribution in [0.5, 0.6) is 5.75 Å². The smallest absolute Gasteiger partial charge is 0.407 e. The fourth-order valence-electron chi connectivity index (χ4n) is 11.9. The molecule has 3 saturated heterocycles. The monoisotopic (exact) mass is 1060 g/mol. The summed E-state index contributed by atoms with van der Waals surface area (Å²) < 4.78 is 82.2. The van der Waals surface area contributed by atoms with Crippen LogP contribution in [-0.2, 0) is 30.2 Å². The molecule has 2 N–H and O–H groups in total. The van der Waals surface area contributed by atoms with Crippen molar-refractivity contribution in [3.05, 3.63) is 87.6 Å². The van der Waals surface area contributed by atoms with Crippen molar-refractivity contribution in [3.63, 3.8) is 0 Å². The number of allylic oxidation sites excluding steroid dienone is 2. The molecule has 2 aromatic heterocycles. The molecular formula is C55H61F4N7O8S. The van der Waals surface area contributed by atoms with E-state index in [-0.39, 0.29) is 64.1 Å². The lowest BCUT2D eigenvalue weighted by Crippen LogP contribution is -2.56. The Hall–Kier alpha value is -6.54. The first-order chi connectivity index (χ1) is 35.9. The maximum Gasteiger partial charge on any atom is 0.407 e. The average Bonchev–Trinajstić information content (AvgIpc) is 4.25. The van der Waals surface area contributed by atoms with Crippen LogP contribution < -0.4 is 15.4 Å². The van der Waals surface area contributed by atoms with Gasteiger partial charge in [0.2, 0.25) is 18.0 Å². The number of ether oxygens (including phenoxy) is 4. The molecule has 15 nitrogen and oxygen atoms in total. The fraction of sp³-hybridized carbons (Fsp3) is 0.491.